The van der Waals surface area contributed by atoms with Crippen LogP contribution in [0.1, 0.15) is 5.69 Å². The molecule has 0 saturated heterocycles. The number of hydrogen-bond acceptors (Lipinski definition) is 3. The monoisotopic (exact) mass is 321 g/mol. The molecule has 5 N–H and O–H groups in total. The zero-order valence-electron chi connectivity index (χ0n) is 8.46. The Labute approximate surface area is 110 Å². The molecule has 0 aromatic carbocycles. The van der Waals surface area contributed by atoms with Gasteiger partial charge in [-0.05, 0) is 15.9 Å². The van der Waals surface area contributed by atoms with Crippen LogP contribution in [0, 0.1) is 0 Å². The van der Waals surface area contributed by atoms with Crippen LogP contribution in [0.5, 0.6) is 0 Å². The van der Waals surface area contributed by atoms with E-state index in [-0.39, 0.29) is 12.4 Å². The van der Waals surface area contributed by atoms with Gasteiger partial charge in [-0.1, -0.05) is 0 Å². The van der Waals surface area contributed by atoms with Gasteiger partial charge in [-0.15, -0.1) is 0 Å². The maximum absolute atomic E-state index is 11.3. The summed E-state index contributed by atoms with van der Waals surface area (Å²) in [4.78, 5) is 29.8. The smallest absolute Gasteiger partial charge is 0.352 e. The zero-order valence-corrected chi connectivity index (χ0v) is 10.8. The minimum absolute atomic E-state index is 0. The third-order valence-electron chi connectivity index (χ3n) is 2.08. The number of anilines is 1. The molecule has 2 aromatic heterocycles. The van der Waals surface area contributed by atoms with Gasteiger partial charge < -0.3 is 17.4 Å². The maximum atomic E-state index is 11.3. The number of nitrogen functional groups attached to an aromatic ring is 1. The van der Waals surface area contributed by atoms with Gasteiger partial charge in [0.15, 0.2) is 0 Å². The molecule has 0 fully saturated rings. The minimum Gasteiger partial charge on any atom is -1.00 e. The number of nitrogens with two attached hydrogens (primary N) is 1. The lowest BCUT2D eigenvalue weighted by atomic mass is 10.4. The van der Waals surface area contributed by atoms with Gasteiger partial charge in [-0.25, -0.2) is 14.3 Å². The number of hydrogen-bond donors (Lipinski definition) is 4. The van der Waals surface area contributed by atoms with Crippen molar-refractivity contribution in [1.29, 1.82) is 0 Å². The van der Waals surface area contributed by atoms with Gasteiger partial charge in [-0.3, -0.25) is 15.5 Å². The molecule has 2 aromatic rings. The van der Waals surface area contributed by atoms with Crippen molar-refractivity contribution in [1.82, 2.24) is 15.0 Å². The highest BCUT2D eigenvalue weighted by atomic mass is 79.9. The summed E-state index contributed by atoms with van der Waals surface area (Å²) in [6, 6.07) is 0. The zero-order chi connectivity index (χ0) is 11.7. The number of halogens is 2. The number of nitrogens with zero attached hydrogens (tertiary/aromatic N) is 1. The van der Waals surface area contributed by atoms with Crippen LogP contribution in [0.25, 0.3) is 0 Å². The number of rotatable bonds is 2. The maximum Gasteiger partial charge on any atom is 0.352 e. The molecule has 0 bridgehead atoms. The number of H-pyrrole nitrogens is 3. The minimum atomic E-state index is -0.544. The Hall–Kier alpha value is -1.54. The van der Waals surface area contributed by atoms with Gasteiger partial charge in [0.25, 0.3) is 5.56 Å². The van der Waals surface area contributed by atoms with E-state index in [2.05, 4.69) is 30.9 Å². The van der Waals surface area contributed by atoms with E-state index >= 15 is 0 Å². The molecule has 92 valence electrons. The second kappa shape index (κ2) is 5.19. The van der Waals surface area contributed by atoms with E-state index < -0.39 is 11.2 Å². The molecular formula is C8H9BrClN5O2. The molecule has 9 heteroatoms. The van der Waals surface area contributed by atoms with Crippen LogP contribution in [0.3, 0.4) is 0 Å². The largest absolute Gasteiger partial charge is 1.00 e. The van der Waals surface area contributed by atoms with Crippen molar-refractivity contribution in [2.75, 3.05) is 5.73 Å². The lowest BCUT2D eigenvalue weighted by Crippen LogP contribution is -3.00. The Kier molecular flexibility index (Phi) is 4.13. The fraction of sp³-hybridized carbons (Fsp3) is 0.125. The SMILES string of the molecule is Nc1[nH]cc[n+]1Cc1[nH]c(=O)[nH]c(=O)c1Br.[Cl-]. The predicted octanol–water partition coefficient (Wildman–Crippen LogP) is -3.92. The van der Waals surface area contributed by atoms with E-state index in [1.165, 1.54) is 0 Å². The molecule has 0 aliphatic heterocycles. The predicted molar refractivity (Wildman–Crippen MR) is 59.9 cm³/mol. The summed E-state index contributed by atoms with van der Waals surface area (Å²) < 4.78 is 1.95. The van der Waals surface area contributed by atoms with Crippen LogP contribution in [0.4, 0.5) is 5.95 Å². The van der Waals surface area contributed by atoms with Crippen LogP contribution < -0.4 is 34.0 Å². The van der Waals surface area contributed by atoms with E-state index in [9.17, 15) is 9.59 Å². The van der Waals surface area contributed by atoms with Crippen molar-refractivity contribution in [3.05, 3.63) is 43.4 Å². The van der Waals surface area contributed by atoms with Crippen molar-refractivity contribution >= 4 is 21.9 Å². The fourth-order valence-corrected chi connectivity index (χ4v) is 1.63. The quantitative estimate of drug-likeness (QED) is 0.424. The van der Waals surface area contributed by atoms with Gasteiger partial charge in [0.2, 0.25) is 0 Å². The molecular weight excluding hydrogens is 313 g/mol. The van der Waals surface area contributed by atoms with Crippen LogP contribution in [0.15, 0.2) is 26.5 Å². The Morgan fingerprint density at radius 2 is 2.06 bits per heavy atom. The number of imidazole rings is 1. The summed E-state index contributed by atoms with van der Waals surface area (Å²) in [6.45, 7) is 0.301. The highest BCUT2D eigenvalue weighted by molar-refractivity contribution is 9.10. The van der Waals surface area contributed by atoms with Crippen molar-refractivity contribution < 1.29 is 17.0 Å². The topological polar surface area (TPSA) is 111 Å². The first-order chi connectivity index (χ1) is 7.58. The Bertz CT molecular complexity index is 631. The molecule has 7 nitrogen and oxygen atoms in total. The first kappa shape index (κ1) is 13.5. The summed E-state index contributed by atoms with van der Waals surface area (Å²) in [7, 11) is 0. The van der Waals surface area contributed by atoms with Gasteiger partial charge in [0.05, 0.1) is 18.1 Å². The Morgan fingerprint density at radius 1 is 1.35 bits per heavy atom. The molecule has 0 atom stereocenters. The van der Waals surface area contributed by atoms with Gasteiger partial charge in [0.1, 0.15) is 11.0 Å². The average Bonchev–Trinajstić information content (AvgIpc) is 2.60. The van der Waals surface area contributed by atoms with Crippen molar-refractivity contribution in [3.8, 4) is 0 Å². The van der Waals surface area contributed by atoms with E-state index in [1.807, 2.05) is 0 Å². The van der Waals surface area contributed by atoms with Crippen molar-refractivity contribution in [3.63, 3.8) is 0 Å². The third kappa shape index (κ3) is 2.77. The number of nitrogens with one attached hydrogen (secondary N) is 3. The second-order valence-electron chi connectivity index (χ2n) is 3.17. The molecule has 0 spiro atoms. The first-order valence-corrected chi connectivity index (χ1v) is 5.20. The number of aromatic nitrogens is 4. The molecule has 17 heavy (non-hydrogen) atoms. The molecule has 0 aliphatic rings. The normalized spacial score (nSPS) is 9.94. The lowest BCUT2D eigenvalue weighted by molar-refractivity contribution is -0.673. The molecule has 0 radical (unpaired) electrons. The summed E-state index contributed by atoms with van der Waals surface area (Å²) in [5, 5.41) is 0. The first-order valence-electron chi connectivity index (χ1n) is 4.41. The van der Waals surface area contributed by atoms with E-state index in [0.29, 0.717) is 22.7 Å². The molecule has 2 rings (SSSR count). The lowest BCUT2D eigenvalue weighted by Gasteiger charge is -2.01. The fourth-order valence-electron chi connectivity index (χ4n) is 1.31. The van der Waals surface area contributed by atoms with Gasteiger partial charge >= 0.3 is 11.6 Å². The standard InChI is InChI=1S/C8H8BrN5O2.ClH/c9-5-4(12-8(16)13-6(5)15)3-14-2-1-11-7(14)10;/h1-2H,3H2,(H4,10,11,12,13,15,16);1H. The molecule has 0 unspecified atom stereocenters. The van der Waals surface area contributed by atoms with Crippen LogP contribution in [-0.2, 0) is 6.54 Å². The van der Waals surface area contributed by atoms with E-state index in [1.54, 1.807) is 17.0 Å². The molecule has 0 aliphatic carbocycles. The van der Waals surface area contributed by atoms with Crippen LogP contribution >= 0.6 is 15.9 Å². The van der Waals surface area contributed by atoms with Crippen LogP contribution in [-0.4, -0.2) is 15.0 Å². The number of aromatic amines is 3. The van der Waals surface area contributed by atoms with Crippen molar-refractivity contribution in [2.24, 2.45) is 0 Å². The van der Waals surface area contributed by atoms with Gasteiger partial charge in [0, 0.05) is 0 Å². The summed E-state index contributed by atoms with van der Waals surface area (Å²) in [6.07, 6.45) is 3.37. The van der Waals surface area contributed by atoms with Crippen molar-refractivity contribution in [2.45, 2.75) is 6.54 Å². The molecule has 2 heterocycles. The Balaban J connectivity index is 0.00000144. The second-order valence-corrected chi connectivity index (χ2v) is 3.97. The van der Waals surface area contributed by atoms with Crippen LogP contribution in [0.2, 0.25) is 0 Å². The summed E-state index contributed by atoms with van der Waals surface area (Å²) in [5.41, 5.74) is 5.08. The van der Waals surface area contributed by atoms with Gasteiger partial charge in [-0.2, -0.15) is 0 Å². The third-order valence-corrected chi connectivity index (χ3v) is 2.92. The van der Waals surface area contributed by atoms with E-state index in [0.717, 1.165) is 0 Å². The molecule has 0 saturated carbocycles. The average molecular weight is 323 g/mol. The highest BCUT2D eigenvalue weighted by Gasteiger charge is 2.11. The van der Waals surface area contributed by atoms with E-state index in [4.69, 9.17) is 5.73 Å². The Morgan fingerprint density at radius 3 is 2.65 bits per heavy atom. The summed E-state index contributed by atoms with van der Waals surface area (Å²) in [5.74, 6) is 0.438. The summed E-state index contributed by atoms with van der Waals surface area (Å²) >= 11 is 3.11. The molecule has 0 amide bonds. The highest BCUT2D eigenvalue weighted by Crippen LogP contribution is 2.06.